The van der Waals surface area contributed by atoms with E-state index in [4.69, 9.17) is 11.6 Å². The van der Waals surface area contributed by atoms with Gasteiger partial charge in [0.1, 0.15) is 0 Å². The summed E-state index contributed by atoms with van der Waals surface area (Å²) in [4.78, 5) is 27.4. The smallest absolute Gasteiger partial charge is 0.263 e. The summed E-state index contributed by atoms with van der Waals surface area (Å²) in [6.07, 6.45) is 1.63. The first kappa shape index (κ1) is 16.0. The Balaban J connectivity index is 1.64. The Morgan fingerprint density at radius 2 is 2.13 bits per heavy atom. The summed E-state index contributed by atoms with van der Waals surface area (Å²) in [5, 5.41) is 5.36. The van der Waals surface area contributed by atoms with Gasteiger partial charge in [-0.3, -0.25) is 9.59 Å². The lowest BCUT2D eigenvalue weighted by atomic mass is 9.97. The van der Waals surface area contributed by atoms with Crippen LogP contribution < -0.4 is 5.32 Å². The summed E-state index contributed by atoms with van der Waals surface area (Å²) < 4.78 is 0. The molecule has 0 radical (unpaired) electrons. The Morgan fingerprint density at radius 3 is 2.87 bits per heavy atom. The molecule has 1 unspecified atom stereocenters. The Labute approximate surface area is 144 Å². The number of amides is 2. The van der Waals surface area contributed by atoms with Gasteiger partial charge >= 0.3 is 0 Å². The molecule has 6 heteroatoms. The predicted octanol–water partition coefficient (Wildman–Crippen LogP) is 3.89. The van der Waals surface area contributed by atoms with Crippen molar-refractivity contribution >= 4 is 40.4 Å². The van der Waals surface area contributed by atoms with Crippen LogP contribution >= 0.6 is 22.9 Å². The molecule has 1 aliphatic heterocycles. The van der Waals surface area contributed by atoms with Crippen LogP contribution in [-0.2, 0) is 4.79 Å². The highest BCUT2D eigenvalue weighted by molar-refractivity contribution is 7.12. The highest BCUT2D eigenvalue weighted by Gasteiger charge is 2.29. The van der Waals surface area contributed by atoms with Gasteiger partial charge in [0.2, 0.25) is 5.91 Å². The van der Waals surface area contributed by atoms with Gasteiger partial charge in [-0.15, -0.1) is 11.3 Å². The Morgan fingerprint density at radius 1 is 1.26 bits per heavy atom. The van der Waals surface area contributed by atoms with E-state index in [2.05, 4.69) is 5.32 Å². The van der Waals surface area contributed by atoms with Crippen LogP contribution in [0.4, 0.5) is 5.69 Å². The second-order valence-electron chi connectivity index (χ2n) is 5.57. The molecule has 2 aromatic rings. The number of anilines is 1. The highest BCUT2D eigenvalue weighted by Crippen LogP contribution is 2.22. The Hall–Kier alpha value is -1.85. The molecule has 0 saturated carbocycles. The van der Waals surface area contributed by atoms with E-state index >= 15 is 0 Å². The van der Waals surface area contributed by atoms with Crippen LogP contribution in [0.3, 0.4) is 0 Å². The Bertz CT molecular complexity index is 702. The second-order valence-corrected chi connectivity index (χ2v) is 6.95. The molecule has 0 aliphatic carbocycles. The summed E-state index contributed by atoms with van der Waals surface area (Å²) in [7, 11) is 0. The zero-order chi connectivity index (χ0) is 16.2. The average molecular weight is 349 g/mol. The van der Waals surface area contributed by atoms with Crippen LogP contribution in [0.2, 0.25) is 5.02 Å². The molecule has 1 aliphatic rings. The number of hydrogen-bond acceptors (Lipinski definition) is 3. The fourth-order valence-corrected chi connectivity index (χ4v) is 3.62. The van der Waals surface area contributed by atoms with Crippen molar-refractivity contribution in [3.63, 3.8) is 0 Å². The van der Waals surface area contributed by atoms with Crippen molar-refractivity contribution in [2.24, 2.45) is 5.92 Å². The number of thiophene rings is 1. The number of benzene rings is 1. The summed E-state index contributed by atoms with van der Waals surface area (Å²) in [5.41, 5.74) is 0.684. The topological polar surface area (TPSA) is 49.4 Å². The fourth-order valence-electron chi connectivity index (χ4n) is 2.74. The fraction of sp³-hybridized carbons (Fsp3) is 0.294. The van der Waals surface area contributed by atoms with Gasteiger partial charge in [-0.1, -0.05) is 23.7 Å². The van der Waals surface area contributed by atoms with Crippen molar-refractivity contribution in [3.8, 4) is 0 Å². The van der Waals surface area contributed by atoms with Gasteiger partial charge in [0.15, 0.2) is 0 Å². The van der Waals surface area contributed by atoms with Gasteiger partial charge in [-0.05, 0) is 42.5 Å². The van der Waals surface area contributed by atoms with Gasteiger partial charge in [0.25, 0.3) is 5.91 Å². The van der Waals surface area contributed by atoms with Crippen molar-refractivity contribution in [1.82, 2.24) is 4.90 Å². The maximum Gasteiger partial charge on any atom is 0.263 e. The summed E-state index contributed by atoms with van der Waals surface area (Å²) >= 11 is 7.36. The lowest BCUT2D eigenvalue weighted by Gasteiger charge is -2.31. The monoisotopic (exact) mass is 348 g/mol. The highest BCUT2D eigenvalue weighted by atomic mass is 35.5. The van der Waals surface area contributed by atoms with Gasteiger partial charge in [-0.2, -0.15) is 0 Å². The molecule has 1 saturated heterocycles. The molecule has 4 nitrogen and oxygen atoms in total. The zero-order valence-corrected chi connectivity index (χ0v) is 14.1. The summed E-state index contributed by atoms with van der Waals surface area (Å²) in [6, 6.07) is 10.8. The van der Waals surface area contributed by atoms with Crippen molar-refractivity contribution in [1.29, 1.82) is 0 Å². The van der Waals surface area contributed by atoms with E-state index in [0.29, 0.717) is 23.8 Å². The van der Waals surface area contributed by atoms with Gasteiger partial charge in [0.05, 0.1) is 10.8 Å². The van der Waals surface area contributed by atoms with E-state index in [1.54, 1.807) is 29.2 Å². The average Bonchev–Trinajstić information content (AvgIpc) is 3.09. The molecule has 1 atom stereocenters. The molecule has 1 aromatic heterocycles. The first-order chi connectivity index (χ1) is 11.1. The van der Waals surface area contributed by atoms with E-state index in [-0.39, 0.29) is 17.7 Å². The molecule has 23 heavy (non-hydrogen) atoms. The molecular formula is C17H17ClN2O2S. The molecule has 0 bridgehead atoms. The van der Waals surface area contributed by atoms with Crippen LogP contribution in [-0.4, -0.2) is 29.8 Å². The molecule has 3 rings (SSSR count). The van der Waals surface area contributed by atoms with E-state index < -0.39 is 0 Å². The maximum atomic E-state index is 12.4. The van der Waals surface area contributed by atoms with Crippen molar-refractivity contribution in [2.75, 3.05) is 18.4 Å². The van der Waals surface area contributed by atoms with Crippen molar-refractivity contribution in [3.05, 3.63) is 51.7 Å². The normalized spacial score (nSPS) is 17.8. The lowest BCUT2D eigenvalue weighted by Crippen LogP contribution is -2.43. The third-order valence-corrected chi connectivity index (χ3v) is 5.00. The Kier molecular flexibility index (Phi) is 4.98. The number of carbonyl (C=O) groups is 2. The third kappa shape index (κ3) is 3.92. The van der Waals surface area contributed by atoms with E-state index in [0.717, 1.165) is 17.7 Å². The van der Waals surface area contributed by atoms with E-state index in [9.17, 15) is 9.59 Å². The number of hydrogen-bond donors (Lipinski definition) is 1. The quantitative estimate of drug-likeness (QED) is 0.914. The van der Waals surface area contributed by atoms with Crippen LogP contribution in [0.25, 0.3) is 0 Å². The number of halogens is 1. The molecule has 1 N–H and O–H groups in total. The van der Waals surface area contributed by atoms with Crippen LogP contribution in [0.15, 0.2) is 41.8 Å². The molecule has 1 fully saturated rings. The number of nitrogens with zero attached hydrogens (tertiary/aromatic N) is 1. The van der Waals surface area contributed by atoms with Gasteiger partial charge < -0.3 is 10.2 Å². The molecule has 2 amide bonds. The minimum atomic E-state index is -0.188. The number of piperidine rings is 1. The van der Waals surface area contributed by atoms with Crippen molar-refractivity contribution in [2.45, 2.75) is 12.8 Å². The lowest BCUT2D eigenvalue weighted by molar-refractivity contribution is -0.121. The van der Waals surface area contributed by atoms with Gasteiger partial charge in [-0.25, -0.2) is 0 Å². The molecule has 120 valence electrons. The number of carbonyl (C=O) groups excluding carboxylic acids is 2. The number of nitrogens with one attached hydrogen (secondary N) is 1. The summed E-state index contributed by atoms with van der Waals surface area (Å²) in [5.74, 6) is -0.233. The molecule has 0 spiro atoms. The molecule has 2 heterocycles. The van der Waals surface area contributed by atoms with Crippen LogP contribution in [0.5, 0.6) is 0 Å². The second kappa shape index (κ2) is 7.15. The summed E-state index contributed by atoms with van der Waals surface area (Å²) in [6.45, 7) is 1.17. The zero-order valence-electron chi connectivity index (χ0n) is 12.5. The van der Waals surface area contributed by atoms with Crippen molar-refractivity contribution < 1.29 is 9.59 Å². The minimum Gasteiger partial charge on any atom is -0.337 e. The standard InChI is InChI=1S/C17H17ClN2O2S/c18-13-5-1-6-14(10-13)19-16(21)12-4-2-8-20(11-12)17(22)15-7-3-9-23-15/h1,3,5-7,9-10,12H,2,4,8,11H2,(H,19,21). The van der Waals surface area contributed by atoms with Crippen LogP contribution in [0.1, 0.15) is 22.5 Å². The first-order valence-corrected chi connectivity index (χ1v) is 8.78. The minimum absolute atomic E-state index is 0.0141. The van der Waals surface area contributed by atoms with Gasteiger partial charge in [0, 0.05) is 23.8 Å². The van der Waals surface area contributed by atoms with Crippen LogP contribution in [0, 0.1) is 5.92 Å². The number of rotatable bonds is 3. The maximum absolute atomic E-state index is 12.4. The molecular weight excluding hydrogens is 332 g/mol. The van der Waals surface area contributed by atoms with E-state index in [1.807, 2.05) is 17.5 Å². The first-order valence-electron chi connectivity index (χ1n) is 7.52. The number of likely N-dealkylation sites (tertiary alicyclic amines) is 1. The molecule has 1 aromatic carbocycles. The predicted molar refractivity (Wildman–Crippen MR) is 93.0 cm³/mol. The largest absolute Gasteiger partial charge is 0.337 e. The third-order valence-electron chi connectivity index (χ3n) is 3.90. The van der Waals surface area contributed by atoms with E-state index in [1.165, 1.54) is 11.3 Å². The SMILES string of the molecule is O=C(Nc1cccc(Cl)c1)C1CCCN(C(=O)c2cccs2)C1.